The molecular weight excluding hydrogens is 164 g/mol. The third-order valence-electron chi connectivity index (χ3n) is 2.08. The minimum atomic E-state index is -0.469. The number of aliphatic hydroxyl groups excluding tert-OH is 1. The van der Waals surface area contributed by atoms with E-state index in [9.17, 15) is 4.79 Å². The van der Waals surface area contributed by atoms with E-state index in [1.165, 1.54) is 19.3 Å². The van der Waals surface area contributed by atoms with Gasteiger partial charge in [-0.3, -0.25) is 4.79 Å². The van der Waals surface area contributed by atoms with Crippen LogP contribution >= 0.6 is 0 Å². The Kier molecular flexibility index (Phi) is 8.00. The first-order chi connectivity index (χ1) is 6.16. The number of rotatable bonds is 8. The van der Waals surface area contributed by atoms with Gasteiger partial charge in [0.15, 0.2) is 0 Å². The van der Waals surface area contributed by atoms with Crippen LogP contribution in [0.2, 0.25) is 0 Å². The van der Waals surface area contributed by atoms with Gasteiger partial charge in [0.05, 0.1) is 6.10 Å². The molecule has 0 aromatic rings. The lowest BCUT2D eigenvalue weighted by Gasteiger charge is -2.02. The van der Waals surface area contributed by atoms with Crippen LogP contribution in [-0.2, 0) is 4.79 Å². The molecule has 0 fully saturated rings. The van der Waals surface area contributed by atoms with Gasteiger partial charge < -0.3 is 5.11 Å². The van der Waals surface area contributed by atoms with E-state index in [0.717, 1.165) is 12.8 Å². The molecule has 78 valence electrons. The van der Waals surface area contributed by atoms with E-state index >= 15 is 0 Å². The normalized spacial score (nSPS) is 12.8. The number of aliphatic hydroxyl groups is 1. The topological polar surface area (TPSA) is 37.3 Å². The summed E-state index contributed by atoms with van der Waals surface area (Å²) >= 11 is 0. The molecule has 13 heavy (non-hydrogen) atoms. The van der Waals surface area contributed by atoms with Gasteiger partial charge in [0.2, 0.25) is 0 Å². The maximum Gasteiger partial charge on any atom is 0.135 e. The minimum Gasteiger partial charge on any atom is -0.393 e. The summed E-state index contributed by atoms with van der Waals surface area (Å²) in [4.78, 5) is 11.1. The molecule has 1 unspecified atom stereocenters. The van der Waals surface area contributed by atoms with Gasteiger partial charge >= 0.3 is 0 Å². The first-order valence-electron chi connectivity index (χ1n) is 5.36. The average molecular weight is 186 g/mol. The van der Waals surface area contributed by atoms with E-state index in [1.807, 2.05) is 0 Å². The molecule has 0 aliphatic heterocycles. The summed E-state index contributed by atoms with van der Waals surface area (Å²) in [6.45, 7) is 3.84. The molecule has 2 heteroatoms. The van der Waals surface area contributed by atoms with Crippen molar-refractivity contribution >= 4 is 5.78 Å². The summed E-state index contributed by atoms with van der Waals surface area (Å²) in [7, 11) is 0. The summed E-state index contributed by atoms with van der Waals surface area (Å²) < 4.78 is 0. The fourth-order valence-electron chi connectivity index (χ4n) is 1.36. The molecule has 1 N–H and O–H groups in total. The molecule has 0 spiro atoms. The third kappa shape index (κ3) is 9.54. The van der Waals surface area contributed by atoms with E-state index in [4.69, 9.17) is 5.11 Å². The van der Waals surface area contributed by atoms with Gasteiger partial charge in [-0.05, 0) is 13.3 Å². The molecule has 1 atom stereocenters. The molecule has 0 aliphatic rings. The van der Waals surface area contributed by atoms with Crippen LogP contribution in [0.4, 0.5) is 0 Å². The van der Waals surface area contributed by atoms with Crippen molar-refractivity contribution in [3.8, 4) is 0 Å². The van der Waals surface area contributed by atoms with Crippen molar-refractivity contribution in [2.75, 3.05) is 0 Å². The van der Waals surface area contributed by atoms with Gasteiger partial charge in [0.25, 0.3) is 0 Å². The van der Waals surface area contributed by atoms with E-state index in [0.29, 0.717) is 12.8 Å². The van der Waals surface area contributed by atoms with E-state index < -0.39 is 6.10 Å². The zero-order valence-corrected chi connectivity index (χ0v) is 8.88. The van der Waals surface area contributed by atoms with Crippen molar-refractivity contribution in [2.24, 2.45) is 0 Å². The van der Waals surface area contributed by atoms with Gasteiger partial charge in [0.1, 0.15) is 5.78 Å². The van der Waals surface area contributed by atoms with Crippen LogP contribution in [-0.4, -0.2) is 17.0 Å². The van der Waals surface area contributed by atoms with E-state index in [-0.39, 0.29) is 5.78 Å². The van der Waals surface area contributed by atoms with Crippen molar-refractivity contribution in [3.05, 3.63) is 0 Å². The maximum atomic E-state index is 11.1. The largest absolute Gasteiger partial charge is 0.393 e. The van der Waals surface area contributed by atoms with Crippen LogP contribution < -0.4 is 0 Å². The molecule has 0 bridgehead atoms. The number of Topliss-reactive ketones (excluding diaryl/α,β-unsaturated/α-hetero) is 1. The van der Waals surface area contributed by atoms with Crippen LogP contribution in [0.25, 0.3) is 0 Å². The summed E-state index contributed by atoms with van der Waals surface area (Å²) in [5.74, 6) is 0.200. The van der Waals surface area contributed by atoms with Crippen molar-refractivity contribution < 1.29 is 9.90 Å². The summed E-state index contributed by atoms with van der Waals surface area (Å²) in [5.41, 5.74) is 0. The first-order valence-corrected chi connectivity index (χ1v) is 5.36. The highest BCUT2D eigenvalue weighted by Gasteiger charge is 2.04. The predicted molar refractivity (Wildman–Crippen MR) is 54.7 cm³/mol. The zero-order chi connectivity index (χ0) is 10.1. The molecule has 0 saturated carbocycles. The first kappa shape index (κ1) is 12.6. The lowest BCUT2D eigenvalue weighted by molar-refractivity contribution is -0.120. The number of ketones is 1. The van der Waals surface area contributed by atoms with E-state index in [2.05, 4.69) is 6.92 Å². The smallest absolute Gasteiger partial charge is 0.135 e. The fraction of sp³-hybridized carbons (Fsp3) is 0.909. The Morgan fingerprint density at radius 3 is 2.38 bits per heavy atom. The van der Waals surface area contributed by atoms with Crippen molar-refractivity contribution in [2.45, 2.75) is 64.9 Å². The van der Waals surface area contributed by atoms with Gasteiger partial charge in [-0.25, -0.2) is 0 Å². The maximum absolute atomic E-state index is 11.1. The Balaban J connectivity index is 3.17. The molecule has 0 rings (SSSR count). The monoisotopic (exact) mass is 186 g/mol. The highest BCUT2D eigenvalue weighted by Crippen LogP contribution is 2.07. The molecular formula is C11H22O2. The van der Waals surface area contributed by atoms with Crippen LogP contribution in [0.1, 0.15) is 58.8 Å². The lowest BCUT2D eigenvalue weighted by Crippen LogP contribution is -2.08. The average Bonchev–Trinajstić information content (AvgIpc) is 2.02. The Bertz CT molecular complexity index is 130. The lowest BCUT2D eigenvalue weighted by atomic mass is 10.1. The second-order valence-corrected chi connectivity index (χ2v) is 3.76. The quantitative estimate of drug-likeness (QED) is 0.592. The molecule has 0 aromatic heterocycles. The molecule has 0 radical (unpaired) electrons. The molecule has 0 aliphatic carbocycles. The van der Waals surface area contributed by atoms with Crippen molar-refractivity contribution in [3.63, 3.8) is 0 Å². The summed E-state index contributed by atoms with van der Waals surface area (Å²) in [6.07, 6.45) is 6.39. The number of carbonyl (C=O) groups is 1. The van der Waals surface area contributed by atoms with Crippen LogP contribution in [0.15, 0.2) is 0 Å². The SMILES string of the molecule is CCCCCCCC(=O)CC(C)O. The second kappa shape index (κ2) is 8.24. The van der Waals surface area contributed by atoms with Crippen molar-refractivity contribution in [1.29, 1.82) is 0 Å². The molecule has 2 nitrogen and oxygen atoms in total. The van der Waals surface area contributed by atoms with Crippen LogP contribution in [0.3, 0.4) is 0 Å². The highest BCUT2D eigenvalue weighted by atomic mass is 16.3. The second-order valence-electron chi connectivity index (χ2n) is 3.76. The number of hydrogen-bond donors (Lipinski definition) is 1. The third-order valence-corrected chi connectivity index (χ3v) is 2.08. The predicted octanol–water partition coefficient (Wildman–Crippen LogP) is 2.69. The standard InChI is InChI=1S/C11H22O2/c1-3-4-5-6-7-8-11(13)9-10(2)12/h10,12H,3-9H2,1-2H3. The summed E-state index contributed by atoms with van der Waals surface area (Å²) in [6, 6.07) is 0. The number of hydrogen-bond acceptors (Lipinski definition) is 2. The zero-order valence-electron chi connectivity index (χ0n) is 8.88. The molecule has 0 heterocycles. The highest BCUT2D eigenvalue weighted by molar-refractivity contribution is 5.78. The van der Waals surface area contributed by atoms with Gasteiger partial charge in [-0.2, -0.15) is 0 Å². The van der Waals surface area contributed by atoms with Gasteiger partial charge in [-0.15, -0.1) is 0 Å². The van der Waals surface area contributed by atoms with Crippen LogP contribution in [0.5, 0.6) is 0 Å². The molecule has 0 amide bonds. The Morgan fingerprint density at radius 1 is 1.23 bits per heavy atom. The minimum absolute atomic E-state index is 0.200. The van der Waals surface area contributed by atoms with Gasteiger partial charge in [0, 0.05) is 12.8 Å². The fourth-order valence-corrected chi connectivity index (χ4v) is 1.36. The molecule has 0 saturated heterocycles. The Hall–Kier alpha value is -0.370. The number of unbranched alkanes of at least 4 members (excludes halogenated alkanes) is 4. The van der Waals surface area contributed by atoms with E-state index in [1.54, 1.807) is 6.92 Å². The Labute approximate surface area is 81.3 Å². The summed E-state index contributed by atoms with van der Waals surface area (Å²) in [5, 5.41) is 8.94. The van der Waals surface area contributed by atoms with Gasteiger partial charge in [-0.1, -0.05) is 32.6 Å². The van der Waals surface area contributed by atoms with Crippen LogP contribution in [0, 0.1) is 0 Å². The Morgan fingerprint density at radius 2 is 1.85 bits per heavy atom. The number of carbonyl (C=O) groups excluding carboxylic acids is 1. The molecule has 0 aromatic carbocycles. The van der Waals surface area contributed by atoms with Crippen molar-refractivity contribution in [1.82, 2.24) is 0 Å².